The van der Waals surface area contributed by atoms with E-state index in [-0.39, 0.29) is 5.91 Å². The number of imide groups is 1. The number of methoxy groups -OCH3 is 1. The van der Waals surface area contributed by atoms with E-state index in [0.29, 0.717) is 34.8 Å². The van der Waals surface area contributed by atoms with Crippen LogP contribution in [0.5, 0.6) is 0 Å². The van der Waals surface area contributed by atoms with Gasteiger partial charge in [-0.15, -0.1) is 11.3 Å². The maximum absolute atomic E-state index is 13.1. The molecule has 0 fully saturated rings. The first-order chi connectivity index (χ1) is 15.4. The van der Waals surface area contributed by atoms with Crippen molar-refractivity contribution in [1.29, 1.82) is 0 Å². The number of fused-ring (bicyclic) bond motifs is 2. The number of thiophene rings is 1. The molecule has 2 N–H and O–H groups in total. The number of carbonyl (C=O) groups is 4. The van der Waals surface area contributed by atoms with Crippen LogP contribution in [0.25, 0.3) is 0 Å². The van der Waals surface area contributed by atoms with Crippen LogP contribution in [-0.2, 0) is 22.4 Å². The monoisotopic (exact) mass is 455 g/mol. The second-order valence-electron chi connectivity index (χ2n) is 7.85. The number of hydrogen-bond donors (Lipinski definition) is 2. The van der Waals surface area contributed by atoms with Gasteiger partial charge in [0.15, 0.2) is 0 Å². The van der Waals surface area contributed by atoms with Crippen molar-refractivity contribution in [2.75, 3.05) is 25.6 Å². The Balaban J connectivity index is 1.57. The quantitative estimate of drug-likeness (QED) is 0.493. The molecule has 2 aromatic rings. The minimum absolute atomic E-state index is 0.259. The van der Waals surface area contributed by atoms with Gasteiger partial charge in [-0.25, -0.2) is 0 Å². The molecule has 0 radical (unpaired) electrons. The van der Waals surface area contributed by atoms with E-state index in [0.717, 1.165) is 41.0 Å². The minimum Gasteiger partial charge on any atom is -0.383 e. The highest BCUT2D eigenvalue weighted by Gasteiger charge is 2.41. The normalized spacial score (nSPS) is 15.9. The fourth-order valence-electron chi connectivity index (χ4n) is 4.14. The third-order valence-electron chi connectivity index (χ3n) is 5.82. The topological polar surface area (TPSA) is 105 Å². The van der Waals surface area contributed by atoms with Crippen LogP contribution >= 0.6 is 11.3 Å². The molecule has 2 heterocycles. The molecule has 0 saturated carbocycles. The van der Waals surface area contributed by atoms with Gasteiger partial charge in [0.05, 0.1) is 23.3 Å². The van der Waals surface area contributed by atoms with E-state index in [1.165, 1.54) is 18.3 Å². The molecule has 1 aliphatic heterocycles. The first kappa shape index (κ1) is 22.2. The molecule has 32 heavy (non-hydrogen) atoms. The number of rotatable bonds is 7. The largest absolute Gasteiger partial charge is 0.383 e. The predicted molar refractivity (Wildman–Crippen MR) is 120 cm³/mol. The molecular formula is C23H25N3O5S. The number of nitrogens with one attached hydrogen (secondary N) is 2. The molecule has 4 rings (SSSR count). The minimum atomic E-state index is -1.02. The lowest BCUT2D eigenvalue weighted by atomic mass is 9.95. The second kappa shape index (κ2) is 9.22. The number of benzene rings is 1. The summed E-state index contributed by atoms with van der Waals surface area (Å²) in [4.78, 5) is 53.5. The molecule has 1 atom stereocenters. The van der Waals surface area contributed by atoms with Crippen LogP contribution in [0.2, 0.25) is 0 Å². The number of ether oxygens (including phenoxy) is 1. The Hall–Kier alpha value is -3.04. The van der Waals surface area contributed by atoms with E-state index < -0.39 is 23.8 Å². The van der Waals surface area contributed by atoms with E-state index in [9.17, 15) is 19.2 Å². The molecule has 1 aliphatic carbocycles. The van der Waals surface area contributed by atoms with Gasteiger partial charge < -0.3 is 15.4 Å². The molecule has 8 nitrogen and oxygen atoms in total. The highest BCUT2D eigenvalue weighted by atomic mass is 32.1. The van der Waals surface area contributed by atoms with Crippen LogP contribution in [0.4, 0.5) is 5.00 Å². The van der Waals surface area contributed by atoms with Crippen molar-refractivity contribution in [3.63, 3.8) is 0 Å². The summed E-state index contributed by atoms with van der Waals surface area (Å²) in [6.45, 7) is 2.26. The summed E-state index contributed by atoms with van der Waals surface area (Å²) in [6.07, 6.45) is 3.67. The highest BCUT2D eigenvalue weighted by Crippen LogP contribution is 2.38. The molecule has 2 aliphatic rings. The van der Waals surface area contributed by atoms with Gasteiger partial charge in [0.1, 0.15) is 11.0 Å². The third kappa shape index (κ3) is 3.93. The number of anilines is 1. The molecular weight excluding hydrogens is 430 g/mol. The lowest BCUT2D eigenvalue weighted by molar-refractivity contribution is -0.119. The summed E-state index contributed by atoms with van der Waals surface area (Å²) in [5, 5.41) is 6.12. The van der Waals surface area contributed by atoms with Crippen LogP contribution < -0.4 is 10.6 Å². The van der Waals surface area contributed by atoms with Crippen molar-refractivity contribution in [3.05, 3.63) is 51.4 Å². The van der Waals surface area contributed by atoms with Gasteiger partial charge in [0.2, 0.25) is 5.91 Å². The average molecular weight is 456 g/mol. The van der Waals surface area contributed by atoms with Crippen molar-refractivity contribution in [1.82, 2.24) is 10.2 Å². The van der Waals surface area contributed by atoms with Gasteiger partial charge in [-0.1, -0.05) is 12.1 Å². The molecule has 0 bridgehead atoms. The Labute approximate surface area is 189 Å². The Morgan fingerprint density at radius 3 is 2.44 bits per heavy atom. The highest BCUT2D eigenvalue weighted by molar-refractivity contribution is 7.17. The summed E-state index contributed by atoms with van der Waals surface area (Å²) in [5.41, 5.74) is 2.03. The zero-order valence-electron chi connectivity index (χ0n) is 18.0. The van der Waals surface area contributed by atoms with Gasteiger partial charge >= 0.3 is 0 Å². The average Bonchev–Trinajstić information content (AvgIpc) is 3.28. The first-order valence-electron chi connectivity index (χ1n) is 10.6. The summed E-state index contributed by atoms with van der Waals surface area (Å²) in [6, 6.07) is 5.50. The van der Waals surface area contributed by atoms with Crippen molar-refractivity contribution in [3.8, 4) is 0 Å². The number of carbonyl (C=O) groups excluding carboxylic acids is 4. The molecule has 9 heteroatoms. The van der Waals surface area contributed by atoms with E-state index in [2.05, 4.69) is 10.6 Å². The summed E-state index contributed by atoms with van der Waals surface area (Å²) < 4.78 is 5.00. The smallest absolute Gasteiger partial charge is 0.262 e. The summed E-state index contributed by atoms with van der Waals surface area (Å²) >= 11 is 1.39. The van der Waals surface area contributed by atoms with Gasteiger partial charge in [0, 0.05) is 18.5 Å². The Morgan fingerprint density at radius 1 is 1.12 bits per heavy atom. The Kier molecular flexibility index (Phi) is 6.38. The summed E-state index contributed by atoms with van der Waals surface area (Å²) in [5.74, 6) is -1.75. The number of aryl methyl sites for hydroxylation is 1. The number of hydrogen-bond acceptors (Lipinski definition) is 6. The van der Waals surface area contributed by atoms with Gasteiger partial charge in [-0.05, 0) is 50.3 Å². The molecule has 0 saturated heterocycles. The van der Waals surface area contributed by atoms with E-state index in [1.54, 1.807) is 31.4 Å². The van der Waals surface area contributed by atoms with Crippen LogP contribution in [0, 0.1) is 0 Å². The van der Waals surface area contributed by atoms with Crippen LogP contribution in [0.1, 0.15) is 61.3 Å². The van der Waals surface area contributed by atoms with Crippen molar-refractivity contribution >= 4 is 40.0 Å². The first-order valence-corrected chi connectivity index (χ1v) is 11.4. The predicted octanol–water partition coefficient (Wildman–Crippen LogP) is 2.63. The lowest BCUT2D eigenvalue weighted by Gasteiger charge is -2.21. The lowest BCUT2D eigenvalue weighted by Crippen LogP contribution is -2.45. The maximum atomic E-state index is 13.1. The zero-order chi connectivity index (χ0) is 22.8. The number of nitrogens with zero attached hydrogens (tertiary/aromatic N) is 1. The molecule has 0 spiro atoms. The van der Waals surface area contributed by atoms with E-state index in [1.807, 2.05) is 0 Å². The third-order valence-corrected chi connectivity index (χ3v) is 7.03. The Morgan fingerprint density at radius 2 is 1.78 bits per heavy atom. The van der Waals surface area contributed by atoms with Crippen molar-refractivity contribution < 1.29 is 23.9 Å². The van der Waals surface area contributed by atoms with Crippen LogP contribution in [0.15, 0.2) is 24.3 Å². The number of amides is 4. The molecule has 1 aromatic carbocycles. The molecule has 1 unspecified atom stereocenters. The standard InChI is InChI=1S/C23H25N3O5S/c1-13(26-22(29)14-7-3-4-8-15(14)23(26)30)19(27)25-21-18(20(28)24-11-12-31-2)16-9-5-6-10-17(16)32-21/h3-4,7-8,13H,5-6,9-12H2,1-2H3,(H,24,28)(H,25,27). The van der Waals surface area contributed by atoms with Crippen molar-refractivity contribution in [2.45, 2.75) is 38.6 Å². The second-order valence-corrected chi connectivity index (χ2v) is 8.96. The molecule has 168 valence electrons. The van der Waals surface area contributed by atoms with Crippen molar-refractivity contribution in [2.24, 2.45) is 0 Å². The van der Waals surface area contributed by atoms with Crippen LogP contribution in [-0.4, -0.2) is 54.8 Å². The van der Waals surface area contributed by atoms with Gasteiger partial charge in [-0.2, -0.15) is 0 Å². The molecule has 4 amide bonds. The summed E-state index contributed by atoms with van der Waals surface area (Å²) in [7, 11) is 1.56. The van der Waals surface area contributed by atoms with Gasteiger partial charge in [-0.3, -0.25) is 24.1 Å². The van der Waals surface area contributed by atoms with E-state index >= 15 is 0 Å². The fourth-order valence-corrected chi connectivity index (χ4v) is 5.43. The fraction of sp³-hybridized carbons (Fsp3) is 0.391. The molecule has 1 aromatic heterocycles. The Bertz CT molecular complexity index is 1060. The van der Waals surface area contributed by atoms with E-state index in [4.69, 9.17) is 4.74 Å². The zero-order valence-corrected chi connectivity index (χ0v) is 18.8. The SMILES string of the molecule is COCCNC(=O)c1c(NC(=O)C(C)N2C(=O)c3ccccc3C2=O)sc2c1CCCC2. The van der Waals surface area contributed by atoms with Gasteiger partial charge in [0.25, 0.3) is 17.7 Å². The maximum Gasteiger partial charge on any atom is 0.262 e. The van der Waals surface area contributed by atoms with Crippen LogP contribution in [0.3, 0.4) is 0 Å².